The Labute approximate surface area is 183 Å². The zero-order chi connectivity index (χ0) is 21.8. The maximum absolute atomic E-state index is 12.7. The van der Waals surface area contributed by atoms with Crippen molar-refractivity contribution in [3.63, 3.8) is 0 Å². The Kier molecular flexibility index (Phi) is 6.51. The van der Waals surface area contributed by atoms with Gasteiger partial charge in [-0.1, -0.05) is 19.9 Å². The van der Waals surface area contributed by atoms with Crippen LogP contribution in [0.2, 0.25) is 0 Å². The molecule has 1 aliphatic carbocycles. The number of nitrogens with one attached hydrogen (secondary N) is 2. The van der Waals surface area contributed by atoms with Crippen molar-refractivity contribution < 1.29 is 4.79 Å². The van der Waals surface area contributed by atoms with Crippen LogP contribution >= 0.6 is 0 Å². The maximum Gasteiger partial charge on any atom is 0.271 e. The summed E-state index contributed by atoms with van der Waals surface area (Å²) < 4.78 is 0. The Morgan fingerprint density at radius 2 is 2.03 bits per heavy atom. The zero-order valence-electron chi connectivity index (χ0n) is 18.3. The van der Waals surface area contributed by atoms with Crippen LogP contribution in [0.1, 0.15) is 26.7 Å². The second-order valence-electron chi connectivity index (χ2n) is 8.80. The highest BCUT2D eigenvalue weighted by Crippen LogP contribution is 2.33. The number of carbonyl (C=O) groups is 1. The van der Waals surface area contributed by atoms with E-state index in [1.165, 1.54) is 12.8 Å². The molecule has 1 saturated heterocycles. The number of hydrogen-bond acceptors (Lipinski definition) is 5. The number of aromatic nitrogens is 2. The largest absolute Gasteiger partial charge is 0.360 e. The molecular weight excluding hydrogens is 390 g/mol. The molecule has 0 bridgehead atoms. The molecule has 7 nitrogen and oxygen atoms in total. The number of pyridine rings is 2. The lowest BCUT2D eigenvalue weighted by Crippen LogP contribution is -2.62. The standard InChI is InChI=1S/C24H31N5O2/c1-17(2)26-9-3-4-23(30)28-15-21(16-28)29(14-18-5-6-18)22-12-20(13-27-24(22)31)19-7-10-25-11-8-19/h3-4,7-8,10-13,17-18,21,26H,5-6,9,14-16H2,1-2H3,(H,27,31)/b4-3+. The fourth-order valence-corrected chi connectivity index (χ4v) is 3.82. The van der Waals surface area contributed by atoms with Gasteiger partial charge < -0.3 is 20.1 Å². The van der Waals surface area contributed by atoms with Crippen molar-refractivity contribution in [2.24, 2.45) is 5.92 Å². The van der Waals surface area contributed by atoms with Gasteiger partial charge in [-0.05, 0) is 42.5 Å². The number of nitrogens with zero attached hydrogens (tertiary/aromatic N) is 3. The molecule has 4 rings (SSSR count). The summed E-state index contributed by atoms with van der Waals surface area (Å²) in [4.78, 5) is 36.2. The Balaban J connectivity index is 1.46. The third kappa shape index (κ3) is 5.41. The molecule has 2 aromatic rings. The fraction of sp³-hybridized carbons (Fsp3) is 0.458. The molecule has 2 N–H and O–H groups in total. The molecule has 2 aromatic heterocycles. The third-order valence-corrected chi connectivity index (χ3v) is 5.88. The van der Waals surface area contributed by atoms with Gasteiger partial charge in [-0.25, -0.2) is 0 Å². The van der Waals surface area contributed by atoms with Crippen LogP contribution in [-0.2, 0) is 4.79 Å². The van der Waals surface area contributed by atoms with Crippen LogP contribution in [0.4, 0.5) is 5.69 Å². The number of carbonyl (C=O) groups excluding carboxylic acids is 1. The molecule has 0 spiro atoms. The molecule has 31 heavy (non-hydrogen) atoms. The highest BCUT2D eigenvalue weighted by Gasteiger charge is 2.37. The predicted molar refractivity (Wildman–Crippen MR) is 123 cm³/mol. The molecule has 7 heteroatoms. The van der Waals surface area contributed by atoms with Crippen LogP contribution in [0.3, 0.4) is 0 Å². The van der Waals surface area contributed by atoms with Crippen molar-refractivity contribution in [2.45, 2.75) is 38.8 Å². The molecule has 1 aliphatic heterocycles. The van der Waals surface area contributed by atoms with E-state index in [4.69, 9.17) is 0 Å². The number of anilines is 1. The first-order valence-electron chi connectivity index (χ1n) is 11.1. The lowest BCUT2D eigenvalue weighted by atomic mass is 10.0. The normalized spacial score (nSPS) is 16.7. The quantitative estimate of drug-likeness (QED) is 0.608. The minimum atomic E-state index is -0.0807. The topological polar surface area (TPSA) is 81.3 Å². The molecule has 3 heterocycles. The van der Waals surface area contributed by atoms with E-state index >= 15 is 0 Å². The van der Waals surface area contributed by atoms with E-state index in [1.807, 2.05) is 29.2 Å². The Hall–Kier alpha value is -2.93. The van der Waals surface area contributed by atoms with E-state index in [9.17, 15) is 9.59 Å². The van der Waals surface area contributed by atoms with Crippen molar-refractivity contribution in [2.75, 3.05) is 31.1 Å². The first kappa shape index (κ1) is 21.3. The highest BCUT2D eigenvalue weighted by atomic mass is 16.2. The van der Waals surface area contributed by atoms with Gasteiger partial charge in [-0.3, -0.25) is 14.6 Å². The molecule has 0 atom stereocenters. The second-order valence-corrected chi connectivity index (χ2v) is 8.80. The van der Waals surface area contributed by atoms with Crippen LogP contribution in [0, 0.1) is 5.92 Å². The number of amides is 1. The van der Waals surface area contributed by atoms with Crippen molar-refractivity contribution in [3.8, 4) is 11.1 Å². The second kappa shape index (κ2) is 9.47. The number of H-pyrrole nitrogens is 1. The average molecular weight is 422 g/mol. The van der Waals surface area contributed by atoms with Crippen LogP contribution in [0.25, 0.3) is 11.1 Å². The molecule has 164 valence electrons. The summed E-state index contributed by atoms with van der Waals surface area (Å²) in [6, 6.07) is 6.41. The van der Waals surface area contributed by atoms with E-state index in [2.05, 4.69) is 34.0 Å². The third-order valence-electron chi connectivity index (χ3n) is 5.88. The van der Waals surface area contributed by atoms with Gasteiger partial charge in [-0.15, -0.1) is 0 Å². The van der Waals surface area contributed by atoms with Gasteiger partial charge >= 0.3 is 0 Å². The van der Waals surface area contributed by atoms with Gasteiger partial charge in [0.25, 0.3) is 5.56 Å². The van der Waals surface area contributed by atoms with E-state index in [0.717, 1.165) is 17.7 Å². The SMILES string of the molecule is CC(C)NC/C=C/C(=O)N1CC(N(CC2CC2)c2cc(-c3ccncc3)c[nH]c2=O)C1. The summed E-state index contributed by atoms with van der Waals surface area (Å²) in [6.45, 7) is 7.00. The zero-order valence-corrected chi connectivity index (χ0v) is 18.3. The molecule has 0 unspecified atom stereocenters. The highest BCUT2D eigenvalue weighted by molar-refractivity contribution is 5.88. The first-order chi connectivity index (χ1) is 15.0. The predicted octanol–water partition coefficient (Wildman–Crippen LogP) is 2.42. The monoisotopic (exact) mass is 421 g/mol. The van der Waals surface area contributed by atoms with Gasteiger partial charge in [0, 0.05) is 62.5 Å². The van der Waals surface area contributed by atoms with Crippen LogP contribution in [0.5, 0.6) is 0 Å². The molecule has 2 fully saturated rings. The maximum atomic E-state index is 12.7. The van der Waals surface area contributed by atoms with Gasteiger partial charge in [0.2, 0.25) is 5.91 Å². The van der Waals surface area contributed by atoms with E-state index < -0.39 is 0 Å². The van der Waals surface area contributed by atoms with E-state index in [-0.39, 0.29) is 17.5 Å². The average Bonchev–Trinajstić information content (AvgIpc) is 3.54. The molecule has 2 aliphatic rings. The number of rotatable bonds is 9. The summed E-state index contributed by atoms with van der Waals surface area (Å²) in [5, 5.41) is 3.27. The van der Waals surface area contributed by atoms with Gasteiger partial charge in [-0.2, -0.15) is 0 Å². The Morgan fingerprint density at radius 1 is 1.29 bits per heavy atom. The summed E-state index contributed by atoms with van der Waals surface area (Å²) >= 11 is 0. The van der Waals surface area contributed by atoms with Crippen molar-refractivity contribution in [1.82, 2.24) is 20.2 Å². The van der Waals surface area contributed by atoms with Crippen LogP contribution in [0.15, 0.2) is 53.7 Å². The van der Waals surface area contributed by atoms with Crippen molar-refractivity contribution in [3.05, 3.63) is 59.3 Å². The summed E-state index contributed by atoms with van der Waals surface area (Å²) in [5.74, 6) is 0.670. The Bertz CT molecular complexity index is 975. The molecule has 0 aromatic carbocycles. The smallest absolute Gasteiger partial charge is 0.271 e. The number of aromatic amines is 1. The minimum Gasteiger partial charge on any atom is -0.360 e. The molecule has 0 radical (unpaired) electrons. The lowest BCUT2D eigenvalue weighted by molar-refractivity contribution is -0.130. The molecule has 1 saturated carbocycles. The van der Waals surface area contributed by atoms with Gasteiger partial charge in [0.05, 0.1) is 6.04 Å². The van der Waals surface area contributed by atoms with Crippen LogP contribution < -0.4 is 15.8 Å². The van der Waals surface area contributed by atoms with Gasteiger partial charge in [0.15, 0.2) is 0 Å². The fourth-order valence-electron chi connectivity index (χ4n) is 3.82. The first-order valence-corrected chi connectivity index (χ1v) is 11.1. The minimum absolute atomic E-state index is 0.0348. The number of likely N-dealkylation sites (tertiary alicyclic amines) is 1. The molecule has 1 amide bonds. The number of hydrogen-bond donors (Lipinski definition) is 2. The van der Waals surface area contributed by atoms with E-state index in [0.29, 0.717) is 37.3 Å². The summed E-state index contributed by atoms with van der Waals surface area (Å²) in [6.07, 6.45) is 11.2. The summed E-state index contributed by atoms with van der Waals surface area (Å²) in [7, 11) is 0. The Morgan fingerprint density at radius 3 is 2.71 bits per heavy atom. The van der Waals surface area contributed by atoms with Crippen molar-refractivity contribution in [1.29, 1.82) is 0 Å². The van der Waals surface area contributed by atoms with E-state index in [1.54, 1.807) is 24.7 Å². The van der Waals surface area contributed by atoms with Crippen LogP contribution in [-0.4, -0.2) is 59.0 Å². The molecular formula is C24H31N5O2. The van der Waals surface area contributed by atoms with Crippen molar-refractivity contribution >= 4 is 11.6 Å². The summed E-state index contributed by atoms with van der Waals surface area (Å²) in [5.41, 5.74) is 2.59. The van der Waals surface area contributed by atoms with Gasteiger partial charge in [0.1, 0.15) is 5.69 Å². The lowest BCUT2D eigenvalue weighted by Gasteiger charge is -2.46.